The van der Waals surface area contributed by atoms with E-state index >= 15 is 0 Å². The molecule has 0 amide bonds. The highest BCUT2D eigenvalue weighted by Crippen LogP contribution is 2.52. The van der Waals surface area contributed by atoms with E-state index in [4.69, 9.17) is 0 Å². The zero-order valence-electron chi connectivity index (χ0n) is 23.9. The Morgan fingerprint density at radius 3 is 2.62 bits per heavy atom. The summed E-state index contributed by atoms with van der Waals surface area (Å²) in [6, 6.07) is 6.21. The summed E-state index contributed by atoms with van der Waals surface area (Å²) in [5.41, 5.74) is 2.93. The third-order valence-electron chi connectivity index (χ3n) is 8.78. The summed E-state index contributed by atoms with van der Waals surface area (Å²) < 4.78 is 33.1. The molecule has 0 radical (unpaired) electrons. The van der Waals surface area contributed by atoms with Crippen LogP contribution in [-0.4, -0.2) is 50.9 Å². The Bertz CT molecular complexity index is 1720. The number of carbonyl (C=O) groups excluding carboxylic acids is 1. The van der Waals surface area contributed by atoms with E-state index in [1.165, 1.54) is 28.3 Å². The maximum atomic E-state index is 14.6. The lowest BCUT2D eigenvalue weighted by atomic mass is 9.61. The first kappa shape index (κ1) is 27.5. The third kappa shape index (κ3) is 4.71. The van der Waals surface area contributed by atoms with E-state index < -0.39 is 16.4 Å². The molecule has 1 unspecified atom stereocenters. The minimum Gasteiger partial charge on any atom is -0.290 e. The van der Waals surface area contributed by atoms with Crippen molar-refractivity contribution in [2.24, 2.45) is 12.5 Å². The van der Waals surface area contributed by atoms with Crippen molar-refractivity contribution in [2.75, 3.05) is 0 Å². The molecule has 0 aliphatic heterocycles. The molecule has 3 aliphatic rings. The van der Waals surface area contributed by atoms with E-state index in [9.17, 15) is 13.4 Å². The Balaban J connectivity index is 1.29. The largest absolute Gasteiger partial charge is 0.290 e. The van der Waals surface area contributed by atoms with Gasteiger partial charge in [-0.1, -0.05) is 5.57 Å². The Hall–Kier alpha value is -3.28. The maximum absolute atomic E-state index is 14.6. The zero-order chi connectivity index (χ0) is 29.2. The molecule has 0 spiro atoms. The van der Waals surface area contributed by atoms with E-state index in [-0.39, 0.29) is 23.7 Å². The molecule has 3 aromatic heterocycles. The molecule has 0 saturated heterocycles. The monoisotopic (exact) mass is 604 g/mol. The number of rotatable bonds is 8. The number of carbonyl (C=O) groups is 1. The zero-order valence-corrected chi connectivity index (χ0v) is 25.5. The van der Waals surface area contributed by atoms with Gasteiger partial charge in [-0.2, -0.15) is 10.2 Å². The summed E-state index contributed by atoms with van der Waals surface area (Å²) in [5.74, 6) is 0.278. The van der Waals surface area contributed by atoms with Gasteiger partial charge < -0.3 is 0 Å². The fourth-order valence-corrected chi connectivity index (χ4v) is 9.18. The molecule has 3 atom stereocenters. The summed E-state index contributed by atoms with van der Waals surface area (Å²) in [7, 11) is 0.402. The molecule has 2 fully saturated rings. The highest BCUT2D eigenvalue weighted by molar-refractivity contribution is 7.82. The van der Waals surface area contributed by atoms with Crippen LogP contribution in [0.15, 0.2) is 59.5 Å². The second-order valence-electron chi connectivity index (χ2n) is 12.0. The highest BCUT2D eigenvalue weighted by atomic mass is 32.2. The average molecular weight is 605 g/mol. The summed E-state index contributed by atoms with van der Waals surface area (Å²) in [6.07, 6.45) is 14.1. The number of Topliss-reactive ketones (excluding diaryl/α,β-unsaturated/α-hetero) is 1. The van der Waals surface area contributed by atoms with Crippen LogP contribution in [0.1, 0.15) is 77.8 Å². The van der Waals surface area contributed by atoms with Gasteiger partial charge >= 0.3 is 0 Å². The van der Waals surface area contributed by atoms with Gasteiger partial charge in [0.25, 0.3) is 0 Å². The second kappa shape index (κ2) is 10.5. The first-order valence-corrected chi connectivity index (χ1v) is 16.4. The number of nitrogens with zero attached hydrogens (tertiary/aromatic N) is 6. The maximum Gasteiger partial charge on any atom is 0.201 e. The molecular weight excluding hydrogens is 572 g/mol. The number of halogens is 1. The Kier molecular flexibility index (Phi) is 6.86. The third-order valence-corrected chi connectivity index (χ3v) is 11.7. The first-order valence-electron chi connectivity index (χ1n) is 14.5. The van der Waals surface area contributed by atoms with Crippen molar-refractivity contribution in [1.29, 1.82) is 0 Å². The van der Waals surface area contributed by atoms with Crippen LogP contribution in [0.5, 0.6) is 0 Å². The van der Waals surface area contributed by atoms with Crippen LogP contribution in [0.4, 0.5) is 4.39 Å². The predicted octanol–water partition coefficient (Wildman–Crippen LogP) is 5.87. The summed E-state index contributed by atoms with van der Waals surface area (Å²) in [5, 5.41) is 9.47. The molecule has 11 heteroatoms. The molecule has 4 aromatic rings. The molecule has 7 rings (SSSR count). The van der Waals surface area contributed by atoms with Gasteiger partial charge in [-0.15, -0.1) is 11.3 Å². The summed E-state index contributed by atoms with van der Waals surface area (Å²) in [4.78, 5) is 21.1. The topological polar surface area (TPSA) is 85.9 Å². The van der Waals surface area contributed by atoms with E-state index in [1.54, 1.807) is 29.2 Å². The van der Waals surface area contributed by atoms with Crippen molar-refractivity contribution in [1.82, 2.24) is 28.9 Å². The Morgan fingerprint density at radius 1 is 1.14 bits per heavy atom. The number of thiazole rings is 1. The van der Waals surface area contributed by atoms with Gasteiger partial charge in [0.15, 0.2) is 5.01 Å². The van der Waals surface area contributed by atoms with Crippen molar-refractivity contribution in [2.45, 2.75) is 75.3 Å². The number of ketones is 1. The molecule has 42 heavy (non-hydrogen) atoms. The van der Waals surface area contributed by atoms with Crippen molar-refractivity contribution in [3.63, 3.8) is 0 Å². The van der Waals surface area contributed by atoms with Crippen LogP contribution >= 0.6 is 11.3 Å². The van der Waals surface area contributed by atoms with E-state index in [0.29, 0.717) is 35.1 Å². The lowest BCUT2D eigenvalue weighted by molar-refractivity contribution is 0.0732. The molecule has 1 aromatic carbocycles. The van der Waals surface area contributed by atoms with Gasteiger partial charge in [0, 0.05) is 36.4 Å². The fraction of sp³-hybridized carbons (Fsp3) is 0.419. The number of aromatic nitrogens is 5. The quantitative estimate of drug-likeness (QED) is 0.235. The summed E-state index contributed by atoms with van der Waals surface area (Å²) >= 11 is 1.53. The molecule has 3 aliphatic carbocycles. The number of allylic oxidation sites excluding steroid dienone is 1. The van der Waals surface area contributed by atoms with Crippen LogP contribution in [-0.2, 0) is 24.5 Å². The van der Waals surface area contributed by atoms with Crippen molar-refractivity contribution in [3.05, 3.63) is 81.6 Å². The number of aryl methyl sites for hydroxylation is 1. The lowest BCUT2D eigenvalue weighted by Gasteiger charge is -2.47. The number of fused-ring (bicyclic) bond motifs is 2. The molecular formula is C31H33FN6O2S2. The molecule has 2 saturated carbocycles. The van der Waals surface area contributed by atoms with Gasteiger partial charge in [0.2, 0.25) is 5.78 Å². The first-order chi connectivity index (χ1) is 20.2. The van der Waals surface area contributed by atoms with Crippen LogP contribution in [0, 0.1) is 11.2 Å². The van der Waals surface area contributed by atoms with Gasteiger partial charge in [-0.3, -0.25) is 9.48 Å². The van der Waals surface area contributed by atoms with Crippen molar-refractivity contribution in [3.8, 4) is 5.69 Å². The minimum absolute atomic E-state index is 0.00423. The molecule has 8 nitrogen and oxygen atoms in total. The van der Waals surface area contributed by atoms with Crippen LogP contribution < -0.4 is 0 Å². The fourth-order valence-electron chi connectivity index (χ4n) is 6.60. The van der Waals surface area contributed by atoms with Crippen molar-refractivity contribution < 1.29 is 13.4 Å². The number of hydrogen-bond acceptors (Lipinski definition) is 6. The smallest absolute Gasteiger partial charge is 0.201 e. The predicted molar refractivity (Wildman–Crippen MR) is 160 cm³/mol. The Labute approximate surface area is 250 Å². The van der Waals surface area contributed by atoms with Crippen LogP contribution in [0.3, 0.4) is 0 Å². The summed E-state index contributed by atoms with van der Waals surface area (Å²) in [6.45, 7) is 4.12. The second-order valence-corrected chi connectivity index (χ2v) is 14.4. The molecule has 3 heterocycles. The molecule has 0 bridgehead atoms. The van der Waals surface area contributed by atoms with E-state index in [2.05, 4.69) is 39.4 Å². The standard InChI is InChI=1S/C31H33FN6O2S2/c1-19(2)38(42(40)26-16-34-36(3)18-26)25-9-6-22-12-27-21(15-35-37(27)24-10-7-23(32)8-11-24)13-31(22,14-25)29(39)30-33-17-28(41-30)20-4-5-20/h7-8,10-12,15-20,25H,4-6,9,13-14H2,1-3H3/t25-,31-,42?/m0/s1. The molecule has 218 valence electrons. The van der Waals surface area contributed by atoms with Crippen LogP contribution in [0.25, 0.3) is 11.8 Å². The SMILES string of the molecule is CC(C)N([C@H]1CCC2=Cc3c(cnn3-c3ccc(F)cc3)C[C@]2(C(=O)c2ncc(C3CC3)s2)C1)S(=O)c1cnn(C)c1. The molecule has 0 N–H and O–H groups in total. The van der Waals surface area contributed by atoms with Crippen LogP contribution in [0.2, 0.25) is 0 Å². The normalized spacial score (nSPS) is 22.6. The van der Waals surface area contributed by atoms with Gasteiger partial charge in [-0.05, 0) is 94.2 Å². The Morgan fingerprint density at radius 2 is 1.93 bits per heavy atom. The highest BCUT2D eigenvalue weighted by Gasteiger charge is 2.52. The lowest BCUT2D eigenvalue weighted by Crippen LogP contribution is -2.51. The van der Waals surface area contributed by atoms with E-state index in [0.717, 1.165) is 41.8 Å². The minimum atomic E-state index is -1.42. The van der Waals surface area contributed by atoms with Crippen molar-refractivity contribution >= 4 is 34.2 Å². The number of benzene rings is 1. The van der Waals surface area contributed by atoms with Gasteiger partial charge in [0.1, 0.15) is 16.8 Å². The average Bonchev–Trinajstić information content (AvgIpc) is 3.34. The van der Waals surface area contributed by atoms with Gasteiger partial charge in [0.05, 0.1) is 34.1 Å². The van der Waals surface area contributed by atoms with E-state index in [1.807, 2.05) is 24.1 Å². The number of hydrogen-bond donors (Lipinski definition) is 0. The van der Waals surface area contributed by atoms with Gasteiger partial charge in [-0.25, -0.2) is 22.6 Å².